The molecule has 0 spiro atoms. The van der Waals surface area contributed by atoms with Crippen LogP contribution in [0.2, 0.25) is 0 Å². The van der Waals surface area contributed by atoms with Crippen LogP contribution in [-0.2, 0) is 9.53 Å². The first-order valence-corrected chi connectivity index (χ1v) is 7.81. The minimum Gasteiger partial charge on any atom is -0.466 e. The normalized spacial score (nSPS) is 23.4. The van der Waals surface area contributed by atoms with Crippen molar-refractivity contribution in [1.29, 1.82) is 0 Å². The van der Waals surface area contributed by atoms with Crippen LogP contribution in [0.4, 0.5) is 5.69 Å². The van der Waals surface area contributed by atoms with Crippen LogP contribution in [-0.4, -0.2) is 31.7 Å². The number of hydrogen-bond acceptors (Lipinski definition) is 5. The van der Waals surface area contributed by atoms with Crippen molar-refractivity contribution in [2.75, 3.05) is 24.6 Å². The Morgan fingerprint density at radius 1 is 1.58 bits per heavy atom. The van der Waals surface area contributed by atoms with Gasteiger partial charge in [0.05, 0.1) is 6.61 Å². The Hall–Kier alpha value is -1.07. The Bertz CT molecular complexity index is 394. The number of esters is 1. The molecular formula is C14H22N2O2S. The van der Waals surface area contributed by atoms with Crippen molar-refractivity contribution in [3.8, 4) is 0 Å². The molecule has 1 aromatic heterocycles. The Balaban J connectivity index is 1.86. The van der Waals surface area contributed by atoms with Gasteiger partial charge >= 0.3 is 5.97 Å². The molecule has 19 heavy (non-hydrogen) atoms. The van der Waals surface area contributed by atoms with Gasteiger partial charge in [0.25, 0.3) is 0 Å². The van der Waals surface area contributed by atoms with Gasteiger partial charge in [-0.1, -0.05) is 0 Å². The van der Waals surface area contributed by atoms with Crippen LogP contribution in [0, 0.1) is 5.92 Å². The van der Waals surface area contributed by atoms with E-state index in [1.807, 2.05) is 6.92 Å². The molecule has 106 valence electrons. The number of rotatable bonds is 5. The number of nitrogens with two attached hydrogens (primary N) is 1. The molecule has 0 bridgehead atoms. The molecule has 0 aromatic carbocycles. The van der Waals surface area contributed by atoms with Gasteiger partial charge in [0.15, 0.2) is 0 Å². The van der Waals surface area contributed by atoms with Gasteiger partial charge in [0, 0.05) is 36.6 Å². The third kappa shape index (κ3) is 4.21. The van der Waals surface area contributed by atoms with Gasteiger partial charge in [0.1, 0.15) is 0 Å². The molecule has 0 radical (unpaired) electrons. The predicted octanol–water partition coefficient (Wildman–Crippen LogP) is 2.25. The zero-order valence-electron chi connectivity index (χ0n) is 11.4. The summed E-state index contributed by atoms with van der Waals surface area (Å²) in [6, 6.07) is 2.33. The van der Waals surface area contributed by atoms with Crippen molar-refractivity contribution < 1.29 is 9.53 Å². The van der Waals surface area contributed by atoms with Crippen LogP contribution < -0.4 is 10.6 Å². The van der Waals surface area contributed by atoms with E-state index < -0.39 is 0 Å². The molecule has 2 rings (SSSR count). The number of carbonyl (C=O) groups is 1. The first-order valence-electron chi connectivity index (χ1n) is 6.87. The molecule has 1 aliphatic rings. The molecule has 1 fully saturated rings. The number of hydrogen-bond donors (Lipinski definition) is 1. The van der Waals surface area contributed by atoms with Crippen LogP contribution in [0.5, 0.6) is 0 Å². The molecule has 4 nitrogen and oxygen atoms in total. The van der Waals surface area contributed by atoms with Crippen LogP contribution in [0.25, 0.3) is 0 Å². The Kier molecular flexibility index (Phi) is 5.22. The number of ether oxygens (including phenoxy) is 1. The van der Waals surface area contributed by atoms with Gasteiger partial charge in [-0.25, -0.2) is 0 Å². The molecule has 0 amide bonds. The van der Waals surface area contributed by atoms with E-state index in [1.54, 1.807) is 11.3 Å². The van der Waals surface area contributed by atoms with Gasteiger partial charge < -0.3 is 15.4 Å². The van der Waals surface area contributed by atoms with E-state index in [4.69, 9.17) is 10.5 Å². The van der Waals surface area contributed by atoms with Crippen molar-refractivity contribution in [2.45, 2.75) is 32.2 Å². The summed E-state index contributed by atoms with van der Waals surface area (Å²) in [4.78, 5) is 13.7. The molecule has 1 saturated heterocycles. The van der Waals surface area contributed by atoms with Crippen molar-refractivity contribution in [2.24, 2.45) is 11.7 Å². The van der Waals surface area contributed by atoms with E-state index >= 15 is 0 Å². The third-order valence-electron chi connectivity index (χ3n) is 3.50. The fourth-order valence-electron chi connectivity index (χ4n) is 2.66. The molecule has 1 aliphatic heterocycles. The van der Waals surface area contributed by atoms with Gasteiger partial charge in [-0.2, -0.15) is 11.3 Å². The summed E-state index contributed by atoms with van der Waals surface area (Å²) >= 11 is 1.70. The van der Waals surface area contributed by atoms with Crippen LogP contribution >= 0.6 is 11.3 Å². The zero-order valence-corrected chi connectivity index (χ0v) is 12.2. The summed E-state index contributed by atoms with van der Waals surface area (Å²) in [6.45, 7) is 4.20. The van der Waals surface area contributed by atoms with E-state index in [0.717, 1.165) is 25.9 Å². The molecule has 1 aromatic rings. The average Bonchev–Trinajstić information content (AvgIpc) is 2.90. The maximum absolute atomic E-state index is 11.4. The van der Waals surface area contributed by atoms with Crippen LogP contribution in [0.15, 0.2) is 16.8 Å². The van der Waals surface area contributed by atoms with E-state index in [1.165, 1.54) is 5.69 Å². The molecular weight excluding hydrogens is 260 g/mol. The molecule has 2 N–H and O–H groups in total. The van der Waals surface area contributed by atoms with E-state index in [-0.39, 0.29) is 12.0 Å². The third-order valence-corrected chi connectivity index (χ3v) is 4.17. The zero-order chi connectivity index (χ0) is 13.7. The van der Waals surface area contributed by atoms with E-state index in [2.05, 4.69) is 21.7 Å². The lowest BCUT2D eigenvalue weighted by Gasteiger charge is -2.37. The Morgan fingerprint density at radius 3 is 3.11 bits per heavy atom. The smallest absolute Gasteiger partial charge is 0.305 e. The quantitative estimate of drug-likeness (QED) is 0.842. The van der Waals surface area contributed by atoms with E-state index in [0.29, 0.717) is 18.9 Å². The molecule has 2 heterocycles. The largest absolute Gasteiger partial charge is 0.466 e. The fourth-order valence-corrected chi connectivity index (χ4v) is 3.32. The second-order valence-electron chi connectivity index (χ2n) is 5.09. The highest BCUT2D eigenvalue weighted by Crippen LogP contribution is 2.26. The van der Waals surface area contributed by atoms with Crippen molar-refractivity contribution >= 4 is 23.0 Å². The lowest BCUT2D eigenvalue weighted by Crippen LogP contribution is -2.47. The lowest BCUT2D eigenvalue weighted by molar-refractivity contribution is -0.143. The summed E-state index contributed by atoms with van der Waals surface area (Å²) in [5.41, 5.74) is 7.38. The highest BCUT2D eigenvalue weighted by atomic mass is 32.1. The summed E-state index contributed by atoms with van der Waals surface area (Å²) in [5, 5.41) is 4.24. The SMILES string of the molecule is CCOC(=O)CCC1CC(N)CN(c2ccsc2)C1. The monoisotopic (exact) mass is 282 g/mol. The molecule has 5 heteroatoms. The molecule has 2 unspecified atom stereocenters. The predicted molar refractivity (Wildman–Crippen MR) is 78.5 cm³/mol. The summed E-state index contributed by atoms with van der Waals surface area (Å²) in [7, 11) is 0. The van der Waals surface area contributed by atoms with Crippen molar-refractivity contribution in [1.82, 2.24) is 0 Å². The van der Waals surface area contributed by atoms with Gasteiger partial charge in [-0.3, -0.25) is 4.79 Å². The minimum atomic E-state index is -0.0938. The highest BCUT2D eigenvalue weighted by Gasteiger charge is 2.25. The molecule has 0 aliphatic carbocycles. The maximum Gasteiger partial charge on any atom is 0.305 e. The topological polar surface area (TPSA) is 55.6 Å². The molecule has 2 atom stereocenters. The average molecular weight is 282 g/mol. The number of nitrogens with zero attached hydrogens (tertiary/aromatic N) is 1. The standard InChI is InChI=1S/C14H22N2O2S/c1-2-18-14(17)4-3-11-7-12(15)9-16(8-11)13-5-6-19-10-13/h5-6,10-12H,2-4,7-9,15H2,1H3. The Morgan fingerprint density at radius 2 is 2.42 bits per heavy atom. The minimum absolute atomic E-state index is 0.0938. The van der Waals surface area contributed by atoms with Gasteiger partial charge in [0.2, 0.25) is 0 Å². The number of carbonyl (C=O) groups excluding carboxylic acids is 1. The van der Waals surface area contributed by atoms with Gasteiger partial charge in [-0.05, 0) is 37.1 Å². The number of piperidine rings is 1. The maximum atomic E-state index is 11.4. The second-order valence-corrected chi connectivity index (χ2v) is 5.87. The summed E-state index contributed by atoms with van der Waals surface area (Å²) in [6.07, 6.45) is 2.37. The first-order chi connectivity index (χ1) is 9.19. The second kappa shape index (κ2) is 6.91. The van der Waals surface area contributed by atoms with Crippen molar-refractivity contribution in [3.63, 3.8) is 0 Å². The van der Waals surface area contributed by atoms with Crippen LogP contribution in [0.1, 0.15) is 26.2 Å². The van der Waals surface area contributed by atoms with Gasteiger partial charge in [-0.15, -0.1) is 0 Å². The summed E-state index contributed by atoms with van der Waals surface area (Å²) < 4.78 is 4.98. The van der Waals surface area contributed by atoms with E-state index in [9.17, 15) is 4.79 Å². The lowest BCUT2D eigenvalue weighted by atomic mass is 9.90. The number of thiophene rings is 1. The van der Waals surface area contributed by atoms with Crippen LogP contribution in [0.3, 0.4) is 0 Å². The first kappa shape index (κ1) is 14.3. The summed E-state index contributed by atoms with van der Waals surface area (Å²) in [5.74, 6) is 0.386. The fraction of sp³-hybridized carbons (Fsp3) is 0.643. The van der Waals surface area contributed by atoms with Crippen molar-refractivity contribution in [3.05, 3.63) is 16.8 Å². The molecule has 0 saturated carbocycles. The Labute approximate surface area is 118 Å². The number of anilines is 1. The highest BCUT2D eigenvalue weighted by molar-refractivity contribution is 7.08.